The fraction of sp³-hybridized carbons (Fsp3) is 0.375. The Labute approximate surface area is 145 Å². The van der Waals surface area contributed by atoms with Crippen LogP contribution in [0.15, 0.2) is 35.5 Å². The summed E-state index contributed by atoms with van der Waals surface area (Å²) in [6.45, 7) is 0.515. The maximum atomic E-state index is 13.8. The van der Waals surface area contributed by atoms with Crippen molar-refractivity contribution in [3.05, 3.63) is 47.5 Å². The average molecular weight is 364 g/mol. The summed E-state index contributed by atoms with van der Waals surface area (Å²) in [5.74, 6) is -0.867. The van der Waals surface area contributed by atoms with Gasteiger partial charge in [0.25, 0.3) is 0 Å². The lowest BCUT2D eigenvalue weighted by atomic mass is 9.99. The van der Waals surface area contributed by atoms with Crippen LogP contribution in [0.4, 0.5) is 4.39 Å². The van der Waals surface area contributed by atoms with E-state index in [-0.39, 0.29) is 4.90 Å². The monoisotopic (exact) mass is 364 g/mol. The van der Waals surface area contributed by atoms with E-state index in [0.29, 0.717) is 19.4 Å². The Hall–Kier alpha value is -2.28. The van der Waals surface area contributed by atoms with Gasteiger partial charge in [0.2, 0.25) is 10.0 Å². The number of rotatable bonds is 4. The number of benzene rings is 1. The van der Waals surface area contributed by atoms with Gasteiger partial charge in [-0.25, -0.2) is 17.5 Å². The highest BCUT2D eigenvalue weighted by atomic mass is 32.2. The van der Waals surface area contributed by atoms with Gasteiger partial charge in [0.1, 0.15) is 28.4 Å². The number of ether oxygens (including phenoxy) is 1. The first-order valence-corrected chi connectivity index (χ1v) is 9.22. The highest BCUT2D eigenvalue weighted by Gasteiger charge is 2.33. The van der Waals surface area contributed by atoms with Gasteiger partial charge in [0.05, 0.1) is 12.2 Å². The number of nitrogens with zero attached hydrogens (tertiary/aromatic N) is 3. The minimum atomic E-state index is -4.08. The summed E-state index contributed by atoms with van der Waals surface area (Å²) in [6, 6.07) is 4.62. The number of halogens is 1. The predicted molar refractivity (Wildman–Crippen MR) is 86.4 cm³/mol. The molecule has 25 heavy (non-hydrogen) atoms. The maximum Gasteiger partial charge on any atom is 0.242 e. The standard InChI is InChI=1S/C16H17FN4O3S/c1-21-10-11(9-19-21)16-14(5-3-7-24-16)20-25(22,23)15-6-2-4-13(17)12(15)8-18/h2,4,6,9-10,14,16,20H,3,5,7H2,1H3/t14-,16+/m0/s1. The summed E-state index contributed by atoms with van der Waals surface area (Å²) in [6.07, 6.45) is 4.16. The van der Waals surface area contributed by atoms with E-state index < -0.39 is 33.5 Å². The van der Waals surface area contributed by atoms with Gasteiger partial charge in [-0.15, -0.1) is 0 Å². The molecular formula is C16H17FN4O3S. The Bertz CT molecular complexity index is 920. The van der Waals surface area contributed by atoms with E-state index in [4.69, 9.17) is 10.00 Å². The molecule has 1 aliphatic rings. The first-order chi connectivity index (χ1) is 11.9. The third-order valence-corrected chi connectivity index (χ3v) is 5.59. The van der Waals surface area contributed by atoms with Crippen LogP contribution in [-0.2, 0) is 21.8 Å². The van der Waals surface area contributed by atoms with Crippen molar-refractivity contribution in [1.29, 1.82) is 5.26 Å². The lowest BCUT2D eigenvalue weighted by Crippen LogP contribution is -2.42. The van der Waals surface area contributed by atoms with Gasteiger partial charge in [-0.3, -0.25) is 4.68 Å². The zero-order valence-corrected chi connectivity index (χ0v) is 14.3. The summed E-state index contributed by atoms with van der Waals surface area (Å²) in [4.78, 5) is -0.370. The van der Waals surface area contributed by atoms with Crippen molar-refractivity contribution in [2.75, 3.05) is 6.61 Å². The van der Waals surface area contributed by atoms with Crippen LogP contribution in [0.2, 0.25) is 0 Å². The molecule has 132 valence electrons. The van der Waals surface area contributed by atoms with Crippen LogP contribution in [0.5, 0.6) is 0 Å². The van der Waals surface area contributed by atoms with Crippen molar-refractivity contribution in [2.24, 2.45) is 7.05 Å². The lowest BCUT2D eigenvalue weighted by Gasteiger charge is -2.31. The number of sulfonamides is 1. The van der Waals surface area contributed by atoms with Gasteiger partial charge in [0.15, 0.2) is 0 Å². The minimum Gasteiger partial charge on any atom is -0.372 e. The molecule has 0 aliphatic carbocycles. The number of nitrogens with one attached hydrogen (secondary N) is 1. The Balaban J connectivity index is 1.91. The van der Waals surface area contributed by atoms with Crippen molar-refractivity contribution in [3.63, 3.8) is 0 Å². The number of hydrogen-bond acceptors (Lipinski definition) is 5. The number of aromatic nitrogens is 2. The third-order valence-electron chi connectivity index (χ3n) is 4.06. The summed E-state index contributed by atoms with van der Waals surface area (Å²) >= 11 is 0. The molecule has 2 atom stereocenters. The van der Waals surface area contributed by atoms with E-state index in [0.717, 1.165) is 11.6 Å². The molecule has 1 aliphatic heterocycles. The molecule has 0 spiro atoms. The second-order valence-corrected chi connectivity index (χ2v) is 7.52. The molecule has 2 heterocycles. The van der Waals surface area contributed by atoms with Crippen molar-refractivity contribution in [3.8, 4) is 6.07 Å². The second kappa shape index (κ2) is 6.92. The Kier molecular flexibility index (Phi) is 4.85. The van der Waals surface area contributed by atoms with Crippen molar-refractivity contribution in [1.82, 2.24) is 14.5 Å². The van der Waals surface area contributed by atoms with Gasteiger partial charge in [0, 0.05) is 25.4 Å². The Morgan fingerprint density at radius 3 is 2.96 bits per heavy atom. The van der Waals surface area contributed by atoms with Crippen molar-refractivity contribution in [2.45, 2.75) is 29.9 Å². The summed E-state index contributed by atoms with van der Waals surface area (Å²) in [5.41, 5.74) is 0.263. The van der Waals surface area contributed by atoms with Gasteiger partial charge in [-0.2, -0.15) is 10.4 Å². The number of aryl methyl sites for hydroxylation is 1. The molecule has 1 saturated heterocycles. The van der Waals surface area contributed by atoms with Gasteiger partial charge >= 0.3 is 0 Å². The van der Waals surface area contributed by atoms with E-state index in [1.165, 1.54) is 12.1 Å². The van der Waals surface area contributed by atoms with E-state index in [2.05, 4.69) is 9.82 Å². The highest BCUT2D eigenvalue weighted by Crippen LogP contribution is 2.30. The molecule has 1 N–H and O–H groups in total. The minimum absolute atomic E-state index is 0.370. The Morgan fingerprint density at radius 2 is 2.28 bits per heavy atom. The number of hydrogen-bond donors (Lipinski definition) is 1. The fourth-order valence-corrected chi connectivity index (χ4v) is 4.35. The topological polar surface area (TPSA) is 97.0 Å². The summed E-state index contributed by atoms with van der Waals surface area (Å²) < 4.78 is 49.1. The molecule has 1 aromatic heterocycles. The number of nitriles is 1. The van der Waals surface area contributed by atoms with E-state index in [1.54, 1.807) is 30.2 Å². The van der Waals surface area contributed by atoms with E-state index in [9.17, 15) is 12.8 Å². The van der Waals surface area contributed by atoms with Crippen LogP contribution in [0.25, 0.3) is 0 Å². The van der Waals surface area contributed by atoms with Crippen molar-refractivity contribution < 1.29 is 17.5 Å². The smallest absolute Gasteiger partial charge is 0.242 e. The second-order valence-electron chi connectivity index (χ2n) is 5.83. The zero-order chi connectivity index (χ0) is 18.0. The molecule has 0 amide bonds. The van der Waals surface area contributed by atoms with Crippen LogP contribution in [0.3, 0.4) is 0 Å². The molecule has 0 bridgehead atoms. The third kappa shape index (κ3) is 3.56. The largest absolute Gasteiger partial charge is 0.372 e. The summed E-state index contributed by atoms with van der Waals surface area (Å²) in [7, 11) is -2.32. The predicted octanol–water partition coefficient (Wildman–Crippen LogP) is 1.63. The first-order valence-electron chi connectivity index (χ1n) is 7.73. The average Bonchev–Trinajstić information content (AvgIpc) is 3.01. The molecule has 3 rings (SSSR count). The lowest BCUT2D eigenvalue weighted by molar-refractivity contribution is -0.00446. The van der Waals surface area contributed by atoms with E-state index in [1.807, 2.05) is 0 Å². The normalized spacial score (nSPS) is 21.0. The van der Waals surface area contributed by atoms with Crippen molar-refractivity contribution >= 4 is 10.0 Å². The van der Waals surface area contributed by atoms with Gasteiger partial charge in [-0.05, 0) is 25.0 Å². The van der Waals surface area contributed by atoms with Crippen LogP contribution < -0.4 is 4.72 Å². The van der Waals surface area contributed by atoms with E-state index >= 15 is 0 Å². The maximum absolute atomic E-state index is 13.8. The van der Waals surface area contributed by atoms with Crippen LogP contribution in [0.1, 0.15) is 30.1 Å². The molecule has 7 nitrogen and oxygen atoms in total. The molecule has 1 aromatic carbocycles. The molecule has 0 radical (unpaired) electrons. The first kappa shape index (κ1) is 17.5. The summed E-state index contributed by atoms with van der Waals surface area (Å²) in [5, 5.41) is 13.2. The van der Waals surface area contributed by atoms with Crippen LogP contribution in [0, 0.1) is 17.1 Å². The molecule has 0 saturated carbocycles. The molecule has 1 fully saturated rings. The SMILES string of the molecule is Cn1cc([C@H]2OCCC[C@@H]2NS(=O)(=O)c2cccc(F)c2C#N)cn1. The quantitative estimate of drug-likeness (QED) is 0.889. The highest BCUT2D eigenvalue weighted by molar-refractivity contribution is 7.89. The molecule has 0 unspecified atom stereocenters. The van der Waals surface area contributed by atoms with Crippen LogP contribution in [-0.4, -0.2) is 30.8 Å². The molecular weight excluding hydrogens is 347 g/mol. The Morgan fingerprint density at radius 1 is 1.48 bits per heavy atom. The molecule has 2 aromatic rings. The molecule has 9 heteroatoms. The van der Waals surface area contributed by atoms with Gasteiger partial charge < -0.3 is 4.74 Å². The van der Waals surface area contributed by atoms with Crippen LogP contribution >= 0.6 is 0 Å². The zero-order valence-electron chi connectivity index (χ0n) is 13.5. The fourth-order valence-electron chi connectivity index (χ4n) is 2.92. The van der Waals surface area contributed by atoms with Gasteiger partial charge in [-0.1, -0.05) is 6.07 Å².